The summed E-state index contributed by atoms with van der Waals surface area (Å²) in [5.41, 5.74) is 4.24. The van der Waals surface area contributed by atoms with Crippen LogP contribution >= 0.6 is 0 Å². The van der Waals surface area contributed by atoms with Crippen LogP contribution in [-0.2, 0) is 19.4 Å². The van der Waals surface area contributed by atoms with Crippen LogP contribution in [0.1, 0.15) is 17.5 Å². The number of nitrogens with zero attached hydrogens (tertiary/aromatic N) is 2. The predicted octanol–water partition coefficient (Wildman–Crippen LogP) is 2.07. The summed E-state index contributed by atoms with van der Waals surface area (Å²) in [6, 6.07) is 6.81. The highest BCUT2D eigenvalue weighted by Gasteiger charge is 2.09. The van der Waals surface area contributed by atoms with Gasteiger partial charge in [-0.25, -0.2) is 4.98 Å². The van der Waals surface area contributed by atoms with Gasteiger partial charge < -0.3 is 15.2 Å². The molecule has 0 radical (unpaired) electrons. The van der Waals surface area contributed by atoms with Gasteiger partial charge in [-0.3, -0.25) is 0 Å². The van der Waals surface area contributed by atoms with Gasteiger partial charge in [0.2, 0.25) is 0 Å². The van der Waals surface area contributed by atoms with Crippen molar-refractivity contribution in [1.82, 2.24) is 14.9 Å². The van der Waals surface area contributed by atoms with E-state index in [1.165, 1.54) is 23.2 Å². The van der Waals surface area contributed by atoms with Crippen molar-refractivity contribution in [2.24, 2.45) is 0 Å². The average Bonchev–Trinajstić information content (AvgIpc) is 3.13. The van der Waals surface area contributed by atoms with Crippen molar-refractivity contribution in [1.29, 1.82) is 0 Å². The van der Waals surface area contributed by atoms with E-state index < -0.39 is 0 Å². The molecule has 1 aromatic carbocycles. The maximum atomic E-state index is 4.04. The molecule has 2 N–H and O–H groups in total. The first kappa shape index (κ1) is 13.2. The minimum atomic E-state index is 1.04. The zero-order valence-corrected chi connectivity index (χ0v) is 11.8. The van der Waals surface area contributed by atoms with Gasteiger partial charge in [-0.1, -0.05) is 12.1 Å². The molecule has 1 aromatic heterocycles. The normalized spacial score (nSPS) is 13.2. The molecule has 0 saturated carbocycles. The van der Waals surface area contributed by atoms with Gasteiger partial charge in [0.05, 0.1) is 6.33 Å². The van der Waals surface area contributed by atoms with Gasteiger partial charge >= 0.3 is 0 Å². The standard InChI is InChI=1S/C16H22N4/c1(10-20-11-9-18-13-20)6-17-7-4-14-2-3-16-15(12-14)5-8-19-16/h2-3,9,11-13,17,19H,1,4-8,10H2. The van der Waals surface area contributed by atoms with Crippen molar-refractivity contribution in [2.75, 3.05) is 25.0 Å². The lowest BCUT2D eigenvalue weighted by molar-refractivity contribution is 0.581. The lowest BCUT2D eigenvalue weighted by Crippen LogP contribution is -2.19. The molecular formula is C16H22N4. The number of anilines is 1. The van der Waals surface area contributed by atoms with E-state index >= 15 is 0 Å². The lowest BCUT2D eigenvalue weighted by atomic mass is 10.1. The fourth-order valence-corrected chi connectivity index (χ4v) is 2.68. The monoisotopic (exact) mass is 270 g/mol. The Labute approximate surface area is 120 Å². The van der Waals surface area contributed by atoms with Crippen LogP contribution in [0, 0.1) is 0 Å². The third kappa shape index (κ3) is 3.39. The molecule has 4 nitrogen and oxygen atoms in total. The number of fused-ring (bicyclic) bond motifs is 1. The first-order valence-electron chi connectivity index (χ1n) is 7.44. The minimum Gasteiger partial charge on any atom is -0.384 e. The molecule has 3 rings (SSSR count). The summed E-state index contributed by atoms with van der Waals surface area (Å²) in [5.74, 6) is 0. The summed E-state index contributed by atoms with van der Waals surface area (Å²) in [7, 11) is 0. The molecule has 0 fully saturated rings. The van der Waals surface area contributed by atoms with Gasteiger partial charge in [0, 0.05) is 31.2 Å². The third-order valence-electron chi connectivity index (χ3n) is 3.80. The van der Waals surface area contributed by atoms with Crippen LogP contribution in [0.2, 0.25) is 0 Å². The van der Waals surface area contributed by atoms with Crippen molar-refractivity contribution in [3.05, 3.63) is 48.0 Å². The zero-order chi connectivity index (χ0) is 13.6. The van der Waals surface area contributed by atoms with E-state index in [1.807, 2.05) is 18.7 Å². The van der Waals surface area contributed by atoms with E-state index in [-0.39, 0.29) is 0 Å². The van der Waals surface area contributed by atoms with E-state index in [2.05, 4.69) is 38.4 Å². The summed E-state index contributed by atoms with van der Waals surface area (Å²) in [6.07, 6.45) is 9.14. The summed E-state index contributed by atoms with van der Waals surface area (Å²) >= 11 is 0. The molecule has 106 valence electrons. The smallest absolute Gasteiger partial charge is 0.0945 e. The molecule has 1 aliphatic rings. The van der Waals surface area contributed by atoms with Gasteiger partial charge in [0.25, 0.3) is 0 Å². The molecule has 2 heterocycles. The van der Waals surface area contributed by atoms with Gasteiger partial charge in [-0.05, 0) is 49.5 Å². The fourth-order valence-electron chi connectivity index (χ4n) is 2.68. The largest absolute Gasteiger partial charge is 0.384 e. The zero-order valence-electron chi connectivity index (χ0n) is 11.8. The average molecular weight is 270 g/mol. The van der Waals surface area contributed by atoms with Gasteiger partial charge in [-0.15, -0.1) is 0 Å². The van der Waals surface area contributed by atoms with Crippen molar-refractivity contribution in [2.45, 2.75) is 25.8 Å². The molecule has 0 unspecified atom stereocenters. The maximum absolute atomic E-state index is 4.04. The Bertz CT molecular complexity index is 533. The van der Waals surface area contributed by atoms with E-state index in [0.717, 1.165) is 39.0 Å². The summed E-state index contributed by atoms with van der Waals surface area (Å²) < 4.78 is 2.12. The highest BCUT2D eigenvalue weighted by molar-refractivity contribution is 5.56. The minimum absolute atomic E-state index is 1.04. The van der Waals surface area contributed by atoms with Crippen molar-refractivity contribution < 1.29 is 0 Å². The van der Waals surface area contributed by atoms with Crippen LogP contribution in [0.4, 0.5) is 5.69 Å². The van der Waals surface area contributed by atoms with Gasteiger partial charge in [-0.2, -0.15) is 0 Å². The van der Waals surface area contributed by atoms with Crippen LogP contribution in [0.15, 0.2) is 36.9 Å². The Morgan fingerprint density at radius 2 is 2.30 bits per heavy atom. The molecule has 4 heteroatoms. The number of hydrogen-bond donors (Lipinski definition) is 2. The maximum Gasteiger partial charge on any atom is 0.0945 e. The number of hydrogen-bond acceptors (Lipinski definition) is 3. The second-order valence-corrected chi connectivity index (χ2v) is 5.32. The first-order chi connectivity index (χ1) is 9.92. The topological polar surface area (TPSA) is 41.9 Å². The summed E-state index contributed by atoms with van der Waals surface area (Å²) in [5, 5.41) is 6.92. The van der Waals surface area contributed by atoms with Crippen LogP contribution < -0.4 is 10.6 Å². The van der Waals surface area contributed by atoms with E-state index in [9.17, 15) is 0 Å². The molecule has 2 aromatic rings. The molecule has 0 aliphatic carbocycles. The highest BCUT2D eigenvalue weighted by Crippen LogP contribution is 2.22. The Balaban J connectivity index is 1.33. The highest BCUT2D eigenvalue weighted by atomic mass is 15.0. The molecule has 0 amide bonds. The van der Waals surface area contributed by atoms with Gasteiger partial charge in [0.15, 0.2) is 0 Å². The number of nitrogens with one attached hydrogen (secondary N) is 2. The SMILES string of the molecule is c1cn(CCCNCCc2ccc3c(c2)CCN3)cn1. The summed E-state index contributed by atoms with van der Waals surface area (Å²) in [4.78, 5) is 4.04. The number of benzene rings is 1. The van der Waals surface area contributed by atoms with E-state index in [1.54, 1.807) is 0 Å². The molecule has 20 heavy (non-hydrogen) atoms. The second kappa shape index (κ2) is 6.57. The molecule has 0 bridgehead atoms. The second-order valence-electron chi connectivity index (χ2n) is 5.32. The molecule has 0 spiro atoms. The van der Waals surface area contributed by atoms with Gasteiger partial charge in [0.1, 0.15) is 0 Å². The van der Waals surface area contributed by atoms with Crippen molar-refractivity contribution in [3.8, 4) is 0 Å². The molecule has 0 atom stereocenters. The lowest BCUT2D eigenvalue weighted by Gasteiger charge is -2.07. The molecule has 1 aliphatic heterocycles. The van der Waals surface area contributed by atoms with Crippen molar-refractivity contribution >= 4 is 5.69 Å². The van der Waals surface area contributed by atoms with Crippen molar-refractivity contribution in [3.63, 3.8) is 0 Å². The Hall–Kier alpha value is -1.81. The molecule has 0 saturated heterocycles. The fraction of sp³-hybridized carbons (Fsp3) is 0.438. The molecular weight excluding hydrogens is 248 g/mol. The number of imidazole rings is 1. The first-order valence-corrected chi connectivity index (χ1v) is 7.44. The Kier molecular flexibility index (Phi) is 4.33. The van der Waals surface area contributed by atoms with Crippen LogP contribution in [0.5, 0.6) is 0 Å². The summed E-state index contributed by atoms with van der Waals surface area (Å²) in [6.45, 7) is 4.24. The van der Waals surface area contributed by atoms with Crippen LogP contribution in [-0.4, -0.2) is 29.2 Å². The number of aromatic nitrogens is 2. The van der Waals surface area contributed by atoms with Crippen LogP contribution in [0.25, 0.3) is 0 Å². The number of rotatable bonds is 7. The third-order valence-corrected chi connectivity index (χ3v) is 3.80. The quantitative estimate of drug-likeness (QED) is 0.757. The Morgan fingerprint density at radius 3 is 3.20 bits per heavy atom. The van der Waals surface area contributed by atoms with E-state index in [4.69, 9.17) is 0 Å². The van der Waals surface area contributed by atoms with E-state index in [0.29, 0.717) is 0 Å². The predicted molar refractivity (Wildman–Crippen MR) is 82.1 cm³/mol. The Morgan fingerprint density at radius 1 is 1.30 bits per heavy atom. The number of aryl methyl sites for hydroxylation is 1. The van der Waals surface area contributed by atoms with Crippen LogP contribution in [0.3, 0.4) is 0 Å².